The van der Waals surface area contributed by atoms with Crippen LogP contribution in [0.2, 0.25) is 0 Å². The van der Waals surface area contributed by atoms with Gasteiger partial charge in [0, 0.05) is 23.5 Å². The van der Waals surface area contributed by atoms with Crippen molar-refractivity contribution in [2.24, 2.45) is 5.92 Å². The van der Waals surface area contributed by atoms with Gasteiger partial charge in [0.15, 0.2) is 11.0 Å². The van der Waals surface area contributed by atoms with E-state index in [1.54, 1.807) is 19.5 Å². The van der Waals surface area contributed by atoms with Gasteiger partial charge in [-0.3, -0.25) is 4.79 Å². The smallest absolute Gasteiger partial charge is 0.303 e. The van der Waals surface area contributed by atoms with Crippen LogP contribution in [0.3, 0.4) is 0 Å². The highest BCUT2D eigenvalue weighted by Crippen LogP contribution is 2.40. The van der Waals surface area contributed by atoms with Gasteiger partial charge in [-0.2, -0.15) is 0 Å². The molecule has 1 aliphatic rings. The molecule has 1 fully saturated rings. The molecule has 4 rings (SSSR count). The second-order valence-electron chi connectivity index (χ2n) is 7.07. The highest BCUT2D eigenvalue weighted by Gasteiger charge is 2.30. The van der Waals surface area contributed by atoms with Crippen molar-refractivity contribution < 1.29 is 19.4 Å². The van der Waals surface area contributed by atoms with Crippen LogP contribution in [0.5, 0.6) is 5.75 Å². The Bertz CT molecular complexity index is 1020. The number of ether oxygens (including phenoxy) is 2. The van der Waals surface area contributed by atoms with E-state index in [4.69, 9.17) is 20.3 Å². The first-order chi connectivity index (χ1) is 14.0. The first-order valence-corrected chi connectivity index (χ1v) is 10.2. The van der Waals surface area contributed by atoms with E-state index >= 15 is 0 Å². The summed E-state index contributed by atoms with van der Waals surface area (Å²) in [6.45, 7) is 0.266. The van der Waals surface area contributed by atoms with Crippen molar-refractivity contribution in [2.75, 3.05) is 12.8 Å². The fourth-order valence-electron chi connectivity index (χ4n) is 3.85. The Hall–Kier alpha value is -2.78. The van der Waals surface area contributed by atoms with Crippen LogP contribution < -0.4 is 10.5 Å². The molecule has 0 radical (unpaired) electrons. The second kappa shape index (κ2) is 8.30. The number of hydrogen-bond donors (Lipinski definition) is 2. The maximum atomic E-state index is 11.0. The number of thiazole rings is 1. The van der Waals surface area contributed by atoms with Gasteiger partial charge in [-0.1, -0.05) is 17.8 Å². The molecular weight excluding hydrogens is 392 g/mol. The van der Waals surface area contributed by atoms with Gasteiger partial charge in [-0.15, -0.1) is 0 Å². The van der Waals surface area contributed by atoms with E-state index in [2.05, 4.69) is 15.0 Å². The number of anilines is 1. The Balaban J connectivity index is 1.48. The zero-order chi connectivity index (χ0) is 20.4. The van der Waals surface area contributed by atoms with Crippen LogP contribution in [-0.4, -0.2) is 39.2 Å². The Morgan fingerprint density at radius 2 is 2.10 bits per heavy atom. The number of fused-ring (bicyclic) bond motifs is 1. The summed E-state index contributed by atoms with van der Waals surface area (Å²) in [5.74, 6) is 0.554. The molecule has 0 bridgehead atoms. The van der Waals surface area contributed by atoms with Crippen LogP contribution >= 0.6 is 11.3 Å². The number of carboxylic acids is 1. The molecule has 3 N–H and O–H groups in total. The average Bonchev–Trinajstić information content (AvgIpc) is 3.30. The van der Waals surface area contributed by atoms with Crippen LogP contribution in [-0.2, 0) is 16.1 Å². The van der Waals surface area contributed by atoms with Gasteiger partial charge in [-0.25, -0.2) is 15.0 Å². The van der Waals surface area contributed by atoms with Gasteiger partial charge in [0.25, 0.3) is 0 Å². The fourth-order valence-corrected chi connectivity index (χ4v) is 4.70. The zero-order valence-electron chi connectivity index (χ0n) is 16.0. The maximum absolute atomic E-state index is 11.0. The molecule has 152 valence electrons. The van der Waals surface area contributed by atoms with Crippen molar-refractivity contribution in [1.29, 1.82) is 0 Å². The number of aromatic nitrogens is 3. The van der Waals surface area contributed by atoms with Crippen LogP contribution in [0.15, 0.2) is 24.5 Å². The Labute approximate surface area is 171 Å². The molecule has 9 heteroatoms. The van der Waals surface area contributed by atoms with Gasteiger partial charge >= 0.3 is 5.97 Å². The summed E-state index contributed by atoms with van der Waals surface area (Å²) in [7, 11) is 1.62. The van der Waals surface area contributed by atoms with Crippen molar-refractivity contribution in [3.63, 3.8) is 0 Å². The molecule has 1 unspecified atom stereocenters. The van der Waals surface area contributed by atoms with E-state index in [9.17, 15) is 4.79 Å². The normalized spacial score (nSPS) is 18.9. The first kappa shape index (κ1) is 19.5. The lowest BCUT2D eigenvalue weighted by atomic mass is 10.0. The van der Waals surface area contributed by atoms with E-state index < -0.39 is 5.97 Å². The minimum Gasteiger partial charge on any atom is -0.495 e. The minimum absolute atomic E-state index is 0.0475. The molecule has 29 heavy (non-hydrogen) atoms. The van der Waals surface area contributed by atoms with Crippen LogP contribution in [0.25, 0.3) is 21.3 Å². The number of nitrogen functional groups attached to an aromatic ring is 1. The topological polar surface area (TPSA) is 120 Å². The number of aliphatic carboxylic acids is 1. The molecule has 0 amide bonds. The van der Waals surface area contributed by atoms with Crippen LogP contribution in [0.4, 0.5) is 5.13 Å². The summed E-state index contributed by atoms with van der Waals surface area (Å²) in [6.07, 6.45) is 6.34. The van der Waals surface area contributed by atoms with E-state index in [0.717, 1.165) is 40.6 Å². The lowest BCUT2D eigenvalue weighted by Gasteiger charge is -2.18. The number of methoxy groups -OCH3 is 1. The van der Waals surface area contributed by atoms with Gasteiger partial charge in [0.1, 0.15) is 12.4 Å². The van der Waals surface area contributed by atoms with Crippen molar-refractivity contribution in [2.45, 2.75) is 38.4 Å². The summed E-state index contributed by atoms with van der Waals surface area (Å²) in [5, 5.41) is 9.52. The van der Waals surface area contributed by atoms with Crippen molar-refractivity contribution in [3.05, 3.63) is 30.4 Å². The quantitative estimate of drug-likeness (QED) is 0.603. The molecule has 0 aliphatic heterocycles. The number of nitrogens with zero attached hydrogens (tertiary/aromatic N) is 3. The molecule has 0 spiro atoms. The Morgan fingerprint density at radius 3 is 2.83 bits per heavy atom. The van der Waals surface area contributed by atoms with Crippen molar-refractivity contribution in [1.82, 2.24) is 15.0 Å². The monoisotopic (exact) mass is 414 g/mol. The molecule has 1 aliphatic carbocycles. The lowest BCUT2D eigenvalue weighted by molar-refractivity contribution is -0.139. The Morgan fingerprint density at radius 1 is 1.31 bits per heavy atom. The zero-order valence-corrected chi connectivity index (χ0v) is 16.8. The maximum Gasteiger partial charge on any atom is 0.303 e. The number of benzene rings is 1. The molecule has 2 heterocycles. The molecule has 8 nitrogen and oxygen atoms in total. The molecule has 3 aromatic rings. The third kappa shape index (κ3) is 4.15. The number of nitrogens with two attached hydrogens (primary N) is 1. The summed E-state index contributed by atoms with van der Waals surface area (Å²) in [6, 6.07) is 3.82. The summed E-state index contributed by atoms with van der Waals surface area (Å²) >= 11 is 1.38. The van der Waals surface area contributed by atoms with Crippen LogP contribution in [0.1, 0.15) is 31.5 Å². The summed E-state index contributed by atoms with van der Waals surface area (Å²) < 4.78 is 12.4. The summed E-state index contributed by atoms with van der Waals surface area (Å²) in [5.41, 5.74) is 8.31. The highest BCUT2D eigenvalue weighted by atomic mass is 32.1. The lowest BCUT2D eigenvalue weighted by Crippen LogP contribution is -2.21. The van der Waals surface area contributed by atoms with Crippen LogP contribution in [0, 0.1) is 5.92 Å². The third-order valence-corrected chi connectivity index (χ3v) is 6.10. The van der Waals surface area contributed by atoms with Gasteiger partial charge < -0.3 is 20.3 Å². The number of rotatable bonds is 7. The van der Waals surface area contributed by atoms with E-state index in [1.165, 1.54) is 11.3 Å². The number of carboxylic acid groups (broad SMARTS) is 1. The SMILES string of the molecule is COc1c(-c2cnc(CO[C@H]3CCCC3CC(=O)O)nc2)ccc2nc(N)sc12. The molecule has 1 saturated carbocycles. The fraction of sp³-hybridized carbons (Fsp3) is 0.400. The minimum atomic E-state index is -0.778. The highest BCUT2D eigenvalue weighted by molar-refractivity contribution is 7.22. The van der Waals surface area contributed by atoms with Gasteiger partial charge in [0.05, 0.1) is 29.9 Å². The van der Waals surface area contributed by atoms with Gasteiger partial charge in [-0.05, 0) is 30.9 Å². The first-order valence-electron chi connectivity index (χ1n) is 9.43. The van der Waals surface area contributed by atoms with E-state index in [-0.39, 0.29) is 25.0 Å². The predicted octanol–water partition coefficient (Wildman–Crippen LogP) is 3.50. The van der Waals surface area contributed by atoms with E-state index in [0.29, 0.717) is 16.7 Å². The third-order valence-electron chi connectivity index (χ3n) is 5.20. The molecule has 2 atom stereocenters. The number of hydrogen-bond acceptors (Lipinski definition) is 8. The van der Waals surface area contributed by atoms with Gasteiger partial charge in [0.2, 0.25) is 0 Å². The van der Waals surface area contributed by atoms with Crippen molar-refractivity contribution >= 4 is 32.7 Å². The molecular formula is C20H22N4O4S. The molecule has 0 saturated heterocycles. The van der Waals surface area contributed by atoms with E-state index in [1.807, 2.05) is 12.1 Å². The largest absolute Gasteiger partial charge is 0.495 e. The molecule has 2 aromatic heterocycles. The molecule has 1 aromatic carbocycles. The Kier molecular flexibility index (Phi) is 5.59. The predicted molar refractivity (Wildman–Crippen MR) is 110 cm³/mol. The average molecular weight is 414 g/mol. The summed E-state index contributed by atoms with van der Waals surface area (Å²) in [4.78, 5) is 24.1. The number of carbonyl (C=O) groups is 1. The second-order valence-corrected chi connectivity index (χ2v) is 8.10. The van der Waals surface area contributed by atoms with Crippen molar-refractivity contribution in [3.8, 4) is 16.9 Å². The standard InChI is InChI=1S/C20H22N4O4S/c1-27-18-13(5-6-14-19(18)29-20(21)24-14)12-8-22-16(23-9-12)10-28-15-4-2-3-11(15)7-17(25)26/h5-6,8-9,11,15H,2-4,7,10H2,1H3,(H2,21,24)(H,25,26)/t11?,15-/m0/s1.